The van der Waals surface area contributed by atoms with Crippen LogP contribution in [0.15, 0.2) is 52.2 Å². The Morgan fingerprint density at radius 1 is 1.26 bits per heavy atom. The van der Waals surface area contributed by atoms with Crippen molar-refractivity contribution in [2.24, 2.45) is 7.05 Å². The molecule has 118 valence electrons. The highest BCUT2D eigenvalue weighted by Crippen LogP contribution is 2.26. The van der Waals surface area contributed by atoms with Gasteiger partial charge in [0, 0.05) is 23.9 Å². The van der Waals surface area contributed by atoms with Crippen LogP contribution < -0.4 is 0 Å². The van der Waals surface area contributed by atoms with Gasteiger partial charge in [0.25, 0.3) is 0 Å². The standard InChI is InChI=1S/C16H15N3O3S/c1-19-14(11-6-4-3-5-7-11)17-18-16(19)23-10-12-8-9-22-13(12)15(20)21-2/h3-9H,10H2,1-2H3. The van der Waals surface area contributed by atoms with Gasteiger partial charge in [0.15, 0.2) is 11.0 Å². The van der Waals surface area contributed by atoms with Gasteiger partial charge in [-0.15, -0.1) is 10.2 Å². The number of rotatable bonds is 5. The molecule has 6 nitrogen and oxygen atoms in total. The minimum absolute atomic E-state index is 0.227. The van der Waals surface area contributed by atoms with Crippen molar-refractivity contribution in [3.8, 4) is 11.4 Å². The zero-order valence-corrected chi connectivity index (χ0v) is 13.5. The van der Waals surface area contributed by atoms with Crippen molar-refractivity contribution in [1.29, 1.82) is 0 Å². The topological polar surface area (TPSA) is 70.2 Å². The first-order chi connectivity index (χ1) is 11.2. The zero-order chi connectivity index (χ0) is 16.2. The van der Waals surface area contributed by atoms with Gasteiger partial charge in [-0.2, -0.15) is 0 Å². The third-order valence-corrected chi connectivity index (χ3v) is 4.41. The Kier molecular flexibility index (Phi) is 4.47. The van der Waals surface area contributed by atoms with Crippen LogP contribution in [0.5, 0.6) is 0 Å². The maximum atomic E-state index is 11.6. The van der Waals surface area contributed by atoms with E-state index in [1.807, 2.05) is 41.9 Å². The molecule has 3 rings (SSSR count). The lowest BCUT2D eigenvalue weighted by atomic mass is 10.2. The highest BCUT2D eigenvalue weighted by Gasteiger charge is 2.17. The number of methoxy groups -OCH3 is 1. The Morgan fingerprint density at radius 3 is 2.78 bits per heavy atom. The minimum atomic E-state index is -0.478. The van der Waals surface area contributed by atoms with Crippen LogP contribution in [0.2, 0.25) is 0 Å². The molecule has 0 aliphatic carbocycles. The normalized spacial score (nSPS) is 10.7. The largest absolute Gasteiger partial charge is 0.463 e. The van der Waals surface area contributed by atoms with E-state index >= 15 is 0 Å². The smallest absolute Gasteiger partial charge is 0.374 e. The number of aromatic nitrogens is 3. The molecule has 2 heterocycles. The fourth-order valence-electron chi connectivity index (χ4n) is 2.14. The summed E-state index contributed by atoms with van der Waals surface area (Å²) in [7, 11) is 3.25. The number of carbonyl (C=O) groups excluding carboxylic acids is 1. The molecule has 2 aromatic heterocycles. The molecule has 0 N–H and O–H groups in total. The second-order valence-corrected chi connectivity index (χ2v) is 5.73. The van der Waals surface area contributed by atoms with Crippen LogP contribution in [0.1, 0.15) is 16.1 Å². The van der Waals surface area contributed by atoms with Gasteiger partial charge in [0.05, 0.1) is 13.4 Å². The summed E-state index contributed by atoms with van der Waals surface area (Å²) < 4.78 is 11.8. The van der Waals surface area contributed by atoms with E-state index in [0.29, 0.717) is 5.75 Å². The molecule has 0 saturated carbocycles. The van der Waals surface area contributed by atoms with Crippen molar-refractivity contribution in [2.75, 3.05) is 7.11 Å². The van der Waals surface area contributed by atoms with Crippen LogP contribution in [0.3, 0.4) is 0 Å². The second kappa shape index (κ2) is 6.70. The number of hydrogen-bond donors (Lipinski definition) is 0. The molecule has 0 unspecified atom stereocenters. The van der Waals surface area contributed by atoms with Crippen molar-refractivity contribution < 1.29 is 13.9 Å². The number of esters is 1. The lowest BCUT2D eigenvalue weighted by Gasteiger charge is -2.04. The summed E-state index contributed by atoms with van der Waals surface area (Å²) >= 11 is 1.48. The first-order valence-corrected chi connectivity index (χ1v) is 7.91. The Labute approximate surface area is 137 Å². The summed E-state index contributed by atoms with van der Waals surface area (Å²) in [6.45, 7) is 0. The van der Waals surface area contributed by atoms with Gasteiger partial charge in [0.1, 0.15) is 0 Å². The lowest BCUT2D eigenvalue weighted by Crippen LogP contribution is -2.02. The van der Waals surface area contributed by atoms with E-state index < -0.39 is 5.97 Å². The van der Waals surface area contributed by atoms with E-state index in [2.05, 4.69) is 10.2 Å². The van der Waals surface area contributed by atoms with Gasteiger partial charge in [0.2, 0.25) is 5.76 Å². The van der Waals surface area contributed by atoms with Crippen molar-refractivity contribution in [1.82, 2.24) is 14.8 Å². The van der Waals surface area contributed by atoms with E-state index in [9.17, 15) is 4.79 Å². The third kappa shape index (κ3) is 3.14. The van der Waals surface area contributed by atoms with Crippen LogP contribution >= 0.6 is 11.8 Å². The molecular formula is C16H15N3O3S. The fraction of sp³-hybridized carbons (Fsp3) is 0.188. The maximum absolute atomic E-state index is 11.6. The molecule has 0 fully saturated rings. The van der Waals surface area contributed by atoms with E-state index in [0.717, 1.165) is 22.1 Å². The Hall–Kier alpha value is -2.54. The van der Waals surface area contributed by atoms with Gasteiger partial charge in [-0.05, 0) is 6.07 Å². The van der Waals surface area contributed by atoms with Gasteiger partial charge in [-0.25, -0.2) is 4.79 Å². The number of thioether (sulfide) groups is 1. The Morgan fingerprint density at radius 2 is 2.04 bits per heavy atom. The van der Waals surface area contributed by atoms with Crippen molar-refractivity contribution >= 4 is 17.7 Å². The van der Waals surface area contributed by atoms with E-state index in [4.69, 9.17) is 9.15 Å². The number of furan rings is 1. The quantitative estimate of drug-likeness (QED) is 0.529. The van der Waals surface area contributed by atoms with Crippen LogP contribution in [-0.4, -0.2) is 27.8 Å². The SMILES string of the molecule is COC(=O)c1occc1CSc1nnc(-c2ccccc2)n1C. The Balaban J connectivity index is 1.77. The highest BCUT2D eigenvalue weighted by atomic mass is 32.2. The van der Waals surface area contributed by atoms with Gasteiger partial charge in [-0.1, -0.05) is 42.1 Å². The average molecular weight is 329 g/mol. The summed E-state index contributed by atoms with van der Waals surface area (Å²) in [4.78, 5) is 11.6. The summed E-state index contributed by atoms with van der Waals surface area (Å²) in [5.74, 6) is 1.09. The number of nitrogens with zero attached hydrogens (tertiary/aromatic N) is 3. The van der Waals surface area contributed by atoms with Crippen LogP contribution in [-0.2, 0) is 17.5 Å². The van der Waals surface area contributed by atoms with E-state index in [-0.39, 0.29) is 5.76 Å². The molecule has 0 radical (unpaired) electrons. The van der Waals surface area contributed by atoms with Crippen molar-refractivity contribution in [3.05, 3.63) is 54.0 Å². The molecule has 0 spiro atoms. The highest BCUT2D eigenvalue weighted by molar-refractivity contribution is 7.98. The number of ether oxygens (including phenoxy) is 1. The third-order valence-electron chi connectivity index (χ3n) is 3.34. The number of benzene rings is 1. The van der Waals surface area contributed by atoms with Gasteiger partial charge < -0.3 is 13.7 Å². The first-order valence-electron chi connectivity index (χ1n) is 6.93. The Bertz CT molecular complexity index is 811. The minimum Gasteiger partial charge on any atom is -0.463 e. The van der Waals surface area contributed by atoms with Crippen LogP contribution in [0.4, 0.5) is 0 Å². The predicted octanol–water partition coefficient (Wildman–Crippen LogP) is 3.15. The lowest BCUT2D eigenvalue weighted by molar-refractivity contribution is 0.0564. The van der Waals surface area contributed by atoms with Gasteiger partial charge in [-0.3, -0.25) is 0 Å². The van der Waals surface area contributed by atoms with Crippen LogP contribution in [0.25, 0.3) is 11.4 Å². The molecular weight excluding hydrogens is 314 g/mol. The molecule has 23 heavy (non-hydrogen) atoms. The fourth-order valence-corrected chi connectivity index (χ4v) is 3.03. The van der Waals surface area contributed by atoms with Crippen molar-refractivity contribution in [2.45, 2.75) is 10.9 Å². The molecule has 0 amide bonds. The molecule has 3 aromatic rings. The first kappa shape index (κ1) is 15.4. The molecule has 0 aliphatic heterocycles. The zero-order valence-electron chi connectivity index (χ0n) is 12.7. The number of hydrogen-bond acceptors (Lipinski definition) is 6. The summed E-state index contributed by atoms with van der Waals surface area (Å²) in [5.41, 5.74) is 1.78. The van der Waals surface area contributed by atoms with Crippen molar-refractivity contribution in [3.63, 3.8) is 0 Å². The molecule has 1 aromatic carbocycles. The summed E-state index contributed by atoms with van der Waals surface area (Å²) in [6.07, 6.45) is 1.48. The van der Waals surface area contributed by atoms with E-state index in [1.165, 1.54) is 25.1 Å². The number of carbonyl (C=O) groups is 1. The molecule has 0 aliphatic rings. The second-order valence-electron chi connectivity index (χ2n) is 4.79. The maximum Gasteiger partial charge on any atom is 0.374 e. The molecule has 0 saturated heterocycles. The van der Waals surface area contributed by atoms with Crippen LogP contribution in [0, 0.1) is 0 Å². The monoisotopic (exact) mass is 329 g/mol. The summed E-state index contributed by atoms with van der Waals surface area (Å²) in [6, 6.07) is 11.6. The predicted molar refractivity (Wildman–Crippen MR) is 86.0 cm³/mol. The molecule has 7 heteroatoms. The molecule has 0 bridgehead atoms. The molecule has 0 atom stereocenters. The summed E-state index contributed by atoms with van der Waals surface area (Å²) in [5, 5.41) is 9.22. The van der Waals surface area contributed by atoms with Gasteiger partial charge >= 0.3 is 5.97 Å². The van der Waals surface area contributed by atoms with E-state index in [1.54, 1.807) is 6.07 Å². The average Bonchev–Trinajstić information content (AvgIpc) is 3.19.